The molecule has 0 N–H and O–H groups in total. The summed E-state index contributed by atoms with van der Waals surface area (Å²) in [5, 5.41) is 3.42. The molecule has 1 rings (SSSR count). The molecule has 0 radical (unpaired) electrons. The summed E-state index contributed by atoms with van der Waals surface area (Å²) in [4.78, 5) is 0. The average Bonchev–Trinajstić information content (AvgIpc) is 2.15. The van der Waals surface area contributed by atoms with E-state index in [-0.39, 0.29) is 0 Å². The Morgan fingerprint density at radius 2 is 1.80 bits per heavy atom. The lowest BCUT2D eigenvalue weighted by molar-refractivity contribution is 0.614. The van der Waals surface area contributed by atoms with Crippen LogP contribution in [0.1, 0.15) is 19.4 Å². The molecule has 1 aromatic carbocycles. The van der Waals surface area contributed by atoms with E-state index in [4.69, 9.17) is 0 Å². The molecule has 0 heterocycles. The lowest BCUT2D eigenvalue weighted by Gasteiger charge is -1.88. The third-order valence-corrected chi connectivity index (χ3v) is 2.67. The highest BCUT2D eigenvalue weighted by Gasteiger charge is 1.99. The largest absolute Gasteiger partial charge is 0.238 e. The van der Waals surface area contributed by atoms with Gasteiger partial charge in [0.05, 0.1) is 0 Å². The predicted octanol–water partition coefficient (Wildman–Crippen LogP) is 2.33. The molecule has 0 aromatic heterocycles. The van der Waals surface area contributed by atoms with Crippen LogP contribution in [0.4, 0.5) is 0 Å². The molecule has 1 aromatic rings. The third-order valence-electron chi connectivity index (χ3n) is 1.50. The van der Waals surface area contributed by atoms with Crippen molar-refractivity contribution in [1.82, 2.24) is 0 Å². The molecule has 0 fully saturated rings. The van der Waals surface area contributed by atoms with Gasteiger partial charge in [0.1, 0.15) is 0 Å². The van der Waals surface area contributed by atoms with Gasteiger partial charge in [-0.15, -0.1) is 0 Å². The minimum Gasteiger partial charge on any atom is -0.211 e. The van der Waals surface area contributed by atoms with Crippen LogP contribution in [0.2, 0.25) is 0 Å². The van der Waals surface area contributed by atoms with Crippen molar-refractivity contribution >= 4 is 9.84 Å². The predicted molar refractivity (Wildman–Crippen MR) is 61.7 cm³/mol. The Kier molecular flexibility index (Phi) is 3.70. The molecule has 0 aliphatic rings. The summed E-state index contributed by atoms with van der Waals surface area (Å²) in [6, 6.07) is 9.03. The Labute approximate surface area is 90.6 Å². The lowest BCUT2D eigenvalue weighted by atomic mass is 10.2. The summed E-state index contributed by atoms with van der Waals surface area (Å²) in [6.07, 6.45) is 0. The maximum absolute atomic E-state index is 11.4. The van der Waals surface area contributed by atoms with Crippen LogP contribution in [0.25, 0.3) is 0 Å². The van der Waals surface area contributed by atoms with Crippen molar-refractivity contribution in [2.75, 3.05) is 0 Å². The first-order valence-corrected chi connectivity index (χ1v) is 6.02. The van der Waals surface area contributed by atoms with Crippen LogP contribution >= 0.6 is 0 Å². The second-order valence-electron chi connectivity index (χ2n) is 3.33. The summed E-state index contributed by atoms with van der Waals surface area (Å²) < 4.78 is 22.7. The molecule has 3 heteroatoms. The van der Waals surface area contributed by atoms with E-state index in [0.29, 0.717) is 5.56 Å². The highest BCUT2D eigenvalue weighted by molar-refractivity contribution is 7.98. The van der Waals surface area contributed by atoms with Crippen LogP contribution in [0.5, 0.6) is 0 Å². The molecule has 0 amide bonds. The average molecular weight is 220 g/mol. The van der Waals surface area contributed by atoms with Crippen molar-refractivity contribution in [2.24, 2.45) is 0 Å². The number of sulfone groups is 1. The molecule has 2 nitrogen and oxygen atoms in total. The first kappa shape index (κ1) is 11.5. The van der Waals surface area contributed by atoms with E-state index >= 15 is 0 Å². The number of allylic oxidation sites excluding steroid dienone is 1. The Morgan fingerprint density at radius 1 is 1.20 bits per heavy atom. The maximum Gasteiger partial charge on any atom is 0.238 e. The number of hydrogen-bond acceptors (Lipinski definition) is 2. The Morgan fingerprint density at radius 3 is 2.33 bits per heavy atom. The molecule has 15 heavy (non-hydrogen) atoms. The molecule has 0 aliphatic heterocycles. The summed E-state index contributed by atoms with van der Waals surface area (Å²) in [7, 11) is -3.40. The van der Waals surface area contributed by atoms with E-state index in [1.807, 2.05) is 18.2 Å². The first-order chi connectivity index (χ1) is 6.99. The fraction of sp³-hybridized carbons (Fsp3) is 0.167. The van der Waals surface area contributed by atoms with Gasteiger partial charge in [-0.3, -0.25) is 0 Å². The quantitative estimate of drug-likeness (QED) is 0.681. The fourth-order valence-electron chi connectivity index (χ4n) is 0.991. The topological polar surface area (TPSA) is 34.1 Å². The highest BCUT2D eigenvalue weighted by atomic mass is 32.2. The number of benzene rings is 1. The van der Waals surface area contributed by atoms with E-state index in [1.54, 1.807) is 26.0 Å². The molecule has 0 unspecified atom stereocenters. The minimum atomic E-state index is -3.40. The van der Waals surface area contributed by atoms with Crippen LogP contribution in [0, 0.1) is 11.2 Å². The second kappa shape index (κ2) is 4.81. The monoisotopic (exact) mass is 220 g/mol. The van der Waals surface area contributed by atoms with E-state index in [2.05, 4.69) is 11.2 Å². The lowest BCUT2D eigenvalue weighted by Crippen LogP contribution is -1.90. The van der Waals surface area contributed by atoms with Gasteiger partial charge in [-0.25, -0.2) is 8.42 Å². The maximum atomic E-state index is 11.4. The van der Waals surface area contributed by atoms with Crippen LogP contribution in [0.15, 0.2) is 41.3 Å². The zero-order valence-electron chi connectivity index (χ0n) is 8.69. The minimum absolute atomic E-state index is 0.697. The summed E-state index contributed by atoms with van der Waals surface area (Å²) in [6.45, 7) is 3.45. The molecule has 0 saturated heterocycles. The Bertz CT molecular complexity index is 510. The number of rotatable bonds is 1. The van der Waals surface area contributed by atoms with E-state index < -0.39 is 9.84 Å². The van der Waals surface area contributed by atoms with Gasteiger partial charge in [-0.05, 0) is 31.9 Å². The van der Waals surface area contributed by atoms with E-state index in [9.17, 15) is 8.42 Å². The molecule has 78 valence electrons. The van der Waals surface area contributed by atoms with Gasteiger partial charge in [0.15, 0.2) is 0 Å². The molecular weight excluding hydrogens is 208 g/mol. The van der Waals surface area contributed by atoms with Crippen molar-refractivity contribution in [1.29, 1.82) is 0 Å². The van der Waals surface area contributed by atoms with E-state index in [1.165, 1.54) is 5.41 Å². The summed E-state index contributed by atoms with van der Waals surface area (Å²) in [5.74, 6) is 2.61. The normalized spacial score (nSPS) is 10.0. The Balaban J connectivity index is 2.98. The molecule has 0 saturated carbocycles. The van der Waals surface area contributed by atoms with Gasteiger partial charge in [0, 0.05) is 16.2 Å². The van der Waals surface area contributed by atoms with Crippen molar-refractivity contribution in [3.05, 3.63) is 46.9 Å². The van der Waals surface area contributed by atoms with E-state index in [0.717, 1.165) is 5.57 Å². The number of hydrogen-bond donors (Lipinski definition) is 0. The standard InChI is InChI=1S/C12H12O2S/c1-11(2)10-15(13,14)9-8-12-6-4-3-5-7-12/h3-7,10H,1-2H3. The zero-order chi connectivity index (χ0) is 11.3. The van der Waals surface area contributed by atoms with Crippen molar-refractivity contribution < 1.29 is 8.42 Å². The van der Waals surface area contributed by atoms with Crippen molar-refractivity contribution in [3.63, 3.8) is 0 Å². The van der Waals surface area contributed by atoms with Gasteiger partial charge in [-0.2, -0.15) is 0 Å². The SMILES string of the molecule is CC(C)=CS(=O)(=O)C#Cc1ccccc1. The smallest absolute Gasteiger partial charge is 0.211 e. The van der Waals surface area contributed by atoms with Crippen LogP contribution in [-0.4, -0.2) is 8.42 Å². The zero-order valence-corrected chi connectivity index (χ0v) is 9.51. The van der Waals surface area contributed by atoms with Crippen molar-refractivity contribution in [3.8, 4) is 11.2 Å². The van der Waals surface area contributed by atoms with Crippen molar-refractivity contribution in [2.45, 2.75) is 13.8 Å². The molecular formula is C12H12O2S. The Hall–Kier alpha value is -1.53. The fourth-order valence-corrected chi connectivity index (χ4v) is 1.93. The molecule has 0 aliphatic carbocycles. The van der Waals surface area contributed by atoms with Gasteiger partial charge in [0.25, 0.3) is 0 Å². The molecule has 0 bridgehead atoms. The highest BCUT2D eigenvalue weighted by Crippen LogP contribution is 1.99. The van der Waals surface area contributed by atoms with Crippen LogP contribution in [-0.2, 0) is 9.84 Å². The third kappa shape index (κ3) is 4.48. The van der Waals surface area contributed by atoms with Gasteiger partial charge in [0.2, 0.25) is 9.84 Å². The summed E-state index contributed by atoms with van der Waals surface area (Å²) in [5.41, 5.74) is 1.42. The summed E-state index contributed by atoms with van der Waals surface area (Å²) >= 11 is 0. The van der Waals surface area contributed by atoms with Crippen LogP contribution < -0.4 is 0 Å². The molecule has 0 spiro atoms. The van der Waals surface area contributed by atoms with Crippen LogP contribution in [0.3, 0.4) is 0 Å². The first-order valence-electron chi connectivity index (χ1n) is 4.47. The van der Waals surface area contributed by atoms with Gasteiger partial charge < -0.3 is 0 Å². The molecule has 0 atom stereocenters. The van der Waals surface area contributed by atoms with Gasteiger partial charge in [-0.1, -0.05) is 23.8 Å². The van der Waals surface area contributed by atoms with Gasteiger partial charge >= 0.3 is 0 Å². The second-order valence-corrected chi connectivity index (χ2v) is 4.86.